The SMILES string of the molecule is CCCC(=O)Nc1ccc(CNC(=O)COc2ccc(Cl)c(Cl)c2)cc1. The third-order valence-electron chi connectivity index (χ3n) is 3.47. The monoisotopic (exact) mass is 394 g/mol. The van der Waals surface area contributed by atoms with E-state index < -0.39 is 0 Å². The highest BCUT2D eigenvalue weighted by Gasteiger charge is 2.06. The molecule has 2 aromatic rings. The first-order valence-corrected chi connectivity index (χ1v) is 8.97. The van der Waals surface area contributed by atoms with Crippen LogP contribution in [-0.2, 0) is 16.1 Å². The first kappa shape index (κ1) is 20.1. The van der Waals surface area contributed by atoms with Crippen molar-refractivity contribution in [1.29, 1.82) is 0 Å². The molecule has 7 heteroatoms. The summed E-state index contributed by atoms with van der Waals surface area (Å²) in [5.74, 6) is 0.214. The van der Waals surface area contributed by atoms with E-state index in [1.165, 1.54) is 0 Å². The number of benzene rings is 2. The molecule has 0 atom stereocenters. The van der Waals surface area contributed by atoms with Gasteiger partial charge in [-0.25, -0.2) is 0 Å². The van der Waals surface area contributed by atoms with E-state index in [4.69, 9.17) is 27.9 Å². The van der Waals surface area contributed by atoms with Gasteiger partial charge in [-0.05, 0) is 36.2 Å². The Hall–Kier alpha value is -2.24. The summed E-state index contributed by atoms with van der Waals surface area (Å²) in [6.07, 6.45) is 1.30. The van der Waals surface area contributed by atoms with Gasteiger partial charge in [0.15, 0.2) is 6.61 Å². The Balaban J connectivity index is 1.76. The van der Waals surface area contributed by atoms with Crippen LogP contribution >= 0.6 is 23.2 Å². The Morgan fingerprint density at radius 2 is 1.73 bits per heavy atom. The van der Waals surface area contributed by atoms with Crippen molar-refractivity contribution in [3.05, 3.63) is 58.1 Å². The van der Waals surface area contributed by atoms with Crippen molar-refractivity contribution in [1.82, 2.24) is 5.32 Å². The van der Waals surface area contributed by atoms with E-state index in [0.717, 1.165) is 17.7 Å². The molecule has 2 N–H and O–H groups in total. The maximum absolute atomic E-state index is 11.9. The van der Waals surface area contributed by atoms with Gasteiger partial charge in [0.2, 0.25) is 5.91 Å². The summed E-state index contributed by atoms with van der Waals surface area (Å²) in [5.41, 5.74) is 1.66. The molecular weight excluding hydrogens is 375 g/mol. The Bertz CT molecular complexity index is 764. The molecule has 2 amide bonds. The summed E-state index contributed by atoms with van der Waals surface area (Å²) in [4.78, 5) is 23.4. The van der Waals surface area contributed by atoms with Gasteiger partial charge in [0.1, 0.15) is 5.75 Å². The third kappa shape index (κ3) is 6.58. The van der Waals surface area contributed by atoms with Gasteiger partial charge < -0.3 is 15.4 Å². The van der Waals surface area contributed by atoms with Crippen molar-refractivity contribution in [3.63, 3.8) is 0 Å². The Morgan fingerprint density at radius 1 is 1.00 bits per heavy atom. The van der Waals surface area contributed by atoms with Crippen LogP contribution in [0, 0.1) is 0 Å². The Kier molecular flexibility index (Phi) is 7.75. The summed E-state index contributed by atoms with van der Waals surface area (Å²) < 4.78 is 5.38. The summed E-state index contributed by atoms with van der Waals surface area (Å²) >= 11 is 11.7. The molecular formula is C19H20Cl2N2O3. The van der Waals surface area contributed by atoms with Gasteiger partial charge in [0.05, 0.1) is 10.0 Å². The fourth-order valence-electron chi connectivity index (χ4n) is 2.12. The fraction of sp³-hybridized carbons (Fsp3) is 0.263. The van der Waals surface area contributed by atoms with Crippen LogP contribution in [0.5, 0.6) is 5.75 Å². The highest BCUT2D eigenvalue weighted by molar-refractivity contribution is 6.42. The third-order valence-corrected chi connectivity index (χ3v) is 4.20. The maximum Gasteiger partial charge on any atom is 0.258 e. The molecule has 0 aromatic heterocycles. The van der Waals surface area contributed by atoms with Gasteiger partial charge in [-0.2, -0.15) is 0 Å². The molecule has 0 unspecified atom stereocenters. The van der Waals surface area contributed by atoms with Gasteiger partial charge in [-0.3, -0.25) is 9.59 Å². The van der Waals surface area contributed by atoms with E-state index in [9.17, 15) is 9.59 Å². The quantitative estimate of drug-likeness (QED) is 0.695. The van der Waals surface area contributed by atoms with Crippen LogP contribution in [0.15, 0.2) is 42.5 Å². The predicted octanol–water partition coefficient (Wildman–Crippen LogP) is 4.43. The number of carbonyl (C=O) groups excluding carboxylic acids is 2. The van der Waals surface area contributed by atoms with Crippen molar-refractivity contribution < 1.29 is 14.3 Å². The molecule has 2 aromatic carbocycles. The van der Waals surface area contributed by atoms with Crippen LogP contribution in [0.4, 0.5) is 5.69 Å². The lowest BCUT2D eigenvalue weighted by Gasteiger charge is -2.09. The number of hydrogen-bond donors (Lipinski definition) is 2. The maximum atomic E-state index is 11.9. The average molecular weight is 395 g/mol. The number of anilines is 1. The summed E-state index contributed by atoms with van der Waals surface area (Å²) in [6.45, 7) is 2.20. The molecule has 0 aliphatic heterocycles. The molecule has 0 saturated heterocycles. The van der Waals surface area contributed by atoms with E-state index in [1.54, 1.807) is 30.3 Å². The van der Waals surface area contributed by atoms with Crippen LogP contribution in [0.2, 0.25) is 10.0 Å². The standard InChI is InChI=1S/C19H20Cl2N2O3/c1-2-3-18(24)23-14-6-4-13(5-7-14)11-22-19(25)12-26-15-8-9-16(20)17(21)10-15/h4-10H,2-3,11-12H2,1H3,(H,22,25)(H,23,24). The molecule has 0 saturated carbocycles. The number of carbonyl (C=O) groups is 2. The number of ether oxygens (including phenoxy) is 1. The summed E-state index contributed by atoms with van der Waals surface area (Å²) in [6, 6.07) is 12.1. The number of nitrogens with one attached hydrogen (secondary N) is 2. The molecule has 0 spiro atoms. The highest BCUT2D eigenvalue weighted by Crippen LogP contribution is 2.26. The smallest absolute Gasteiger partial charge is 0.258 e. The predicted molar refractivity (Wildman–Crippen MR) is 104 cm³/mol. The van der Waals surface area contributed by atoms with Crippen molar-refractivity contribution >= 4 is 40.7 Å². The minimum Gasteiger partial charge on any atom is -0.484 e. The molecule has 2 rings (SSSR count). The van der Waals surface area contributed by atoms with Crippen LogP contribution < -0.4 is 15.4 Å². The largest absolute Gasteiger partial charge is 0.484 e. The first-order valence-electron chi connectivity index (χ1n) is 8.21. The van der Waals surface area contributed by atoms with Crippen LogP contribution in [-0.4, -0.2) is 18.4 Å². The normalized spacial score (nSPS) is 10.3. The number of rotatable bonds is 8. The molecule has 0 fully saturated rings. The molecule has 0 radical (unpaired) electrons. The van der Waals surface area contributed by atoms with Crippen molar-refractivity contribution in [2.45, 2.75) is 26.3 Å². The van der Waals surface area contributed by atoms with E-state index in [-0.39, 0.29) is 18.4 Å². The molecule has 5 nitrogen and oxygen atoms in total. The number of hydrogen-bond acceptors (Lipinski definition) is 3. The van der Waals surface area contributed by atoms with Gasteiger partial charge in [-0.1, -0.05) is 42.3 Å². The zero-order valence-corrected chi connectivity index (χ0v) is 15.9. The second-order valence-electron chi connectivity index (χ2n) is 5.64. The lowest BCUT2D eigenvalue weighted by Crippen LogP contribution is -2.28. The van der Waals surface area contributed by atoms with E-state index in [1.807, 2.05) is 19.1 Å². The van der Waals surface area contributed by atoms with Crippen molar-refractivity contribution in [3.8, 4) is 5.75 Å². The molecule has 138 valence electrons. The zero-order chi connectivity index (χ0) is 18.9. The number of halogens is 2. The second kappa shape index (κ2) is 10.0. The van der Waals surface area contributed by atoms with Crippen LogP contribution in [0.25, 0.3) is 0 Å². The summed E-state index contributed by atoms with van der Waals surface area (Å²) in [5, 5.41) is 6.38. The highest BCUT2D eigenvalue weighted by atomic mass is 35.5. The minimum absolute atomic E-state index is 0.00648. The van der Waals surface area contributed by atoms with E-state index in [0.29, 0.717) is 28.8 Å². The molecule has 0 aliphatic rings. The fourth-order valence-corrected chi connectivity index (χ4v) is 2.41. The molecule has 26 heavy (non-hydrogen) atoms. The van der Waals surface area contributed by atoms with Gasteiger partial charge >= 0.3 is 0 Å². The van der Waals surface area contributed by atoms with Crippen LogP contribution in [0.3, 0.4) is 0 Å². The first-order chi connectivity index (χ1) is 12.5. The van der Waals surface area contributed by atoms with Crippen molar-refractivity contribution in [2.75, 3.05) is 11.9 Å². The molecule has 0 heterocycles. The second-order valence-corrected chi connectivity index (χ2v) is 6.45. The van der Waals surface area contributed by atoms with E-state index in [2.05, 4.69) is 10.6 Å². The summed E-state index contributed by atoms with van der Waals surface area (Å²) in [7, 11) is 0. The minimum atomic E-state index is -0.253. The van der Waals surface area contributed by atoms with E-state index >= 15 is 0 Å². The molecule has 0 aliphatic carbocycles. The topological polar surface area (TPSA) is 67.4 Å². The van der Waals surface area contributed by atoms with Crippen molar-refractivity contribution in [2.24, 2.45) is 0 Å². The lowest BCUT2D eigenvalue weighted by molar-refractivity contribution is -0.123. The molecule has 0 bridgehead atoms. The zero-order valence-electron chi connectivity index (χ0n) is 14.4. The lowest BCUT2D eigenvalue weighted by atomic mass is 10.2. The van der Waals surface area contributed by atoms with Gasteiger partial charge in [0, 0.05) is 24.7 Å². The number of amides is 2. The average Bonchev–Trinajstić information content (AvgIpc) is 2.62. The Labute approximate surface area is 162 Å². The Morgan fingerprint density at radius 3 is 2.38 bits per heavy atom. The van der Waals surface area contributed by atoms with Gasteiger partial charge in [0.25, 0.3) is 5.91 Å². The van der Waals surface area contributed by atoms with Crippen LogP contribution in [0.1, 0.15) is 25.3 Å². The van der Waals surface area contributed by atoms with Gasteiger partial charge in [-0.15, -0.1) is 0 Å².